The number of thiazole rings is 1. The summed E-state index contributed by atoms with van der Waals surface area (Å²) in [7, 11) is 0. The maximum atomic E-state index is 5.74. The van der Waals surface area contributed by atoms with E-state index in [0.29, 0.717) is 0 Å². The molecule has 2 N–H and O–H groups in total. The average Bonchev–Trinajstić information content (AvgIpc) is 2.72. The van der Waals surface area contributed by atoms with Crippen molar-refractivity contribution in [3.8, 4) is 10.6 Å². The van der Waals surface area contributed by atoms with E-state index in [-0.39, 0.29) is 6.04 Å². The normalized spacial score (nSPS) is 13.0. The molecule has 0 spiro atoms. The number of halogens is 1. The highest BCUT2D eigenvalue weighted by atomic mass is 79.9. The lowest BCUT2D eigenvalue weighted by molar-refractivity contribution is 0.734. The van der Waals surface area contributed by atoms with E-state index in [1.165, 1.54) is 4.88 Å². The Balaban J connectivity index is 2.20. The Hall–Kier alpha value is -0.230. The van der Waals surface area contributed by atoms with Crippen LogP contribution in [0.15, 0.2) is 21.3 Å². The fourth-order valence-electron chi connectivity index (χ4n) is 1.24. The molecular weight excluding hydrogens is 292 g/mol. The second-order valence-electron chi connectivity index (χ2n) is 3.44. The molecule has 2 rings (SSSR count). The maximum Gasteiger partial charge on any atom is 0.0948 e. The van der Waals surface area contributed by atoms with Gasteiger partial charge in [-0.15, -0.1) is 22.7 Å². The first kappa shape index (κ1) is 11.3. The maximum absolute atomic E-state index is 5.74. The van der Waals surface area contributed by atoms with E-state index >= 15 is 0 Å². The van der Waals surface area contributed by atoms with Gasteiger partial charge in [0.2, 0.25) is 0 Å². The van der Waals surface area contributed by atoms with E-state index in [1.807, 2.05) is 6.92 Å². The van der Waals surface area contributed by atoms with Crippen molar-refractivity contribution in [1.82, 2.24) is 4.98 Å². The minimum absolute atomic E-state index is 0.180. The van der Waals surface area contributed by atoms with Crippen molar-refractivity contribution >= 4 is 38.6 Å². The monoisotopic (exact) mass is 302 g/mol. The van der Waals surface area contributed by atoms with Crippen LogP contribution in [0.3, 0.4) is 0 Å². The highest BCUT2D eigenvalue weighted by Crippen LogP contribution is 2.30. The number of nitrogens with zero attached hydrogens (tertiary/aromatic N) is 1. The van der Waals surface area contributed by atoms with Crippen molar-refractivity contribution in [2.75, 3.05) is 0 Å². The van der Waals surface area contributed by atoms with Crippen LogP contribution < -0.4 is 5.73 Å². The van der Waals surface area contributed by atoms with Crippen LogP contribution >= 0.6 is 38.6 Å². The van der Waals surface area contributed by atoms with Gasteiger partial charge in [-0.3, -0.25) is 0 Å². The summed E-state index contributed by atoms with van der Waals surface area (Å²) >= 11 is 6.83. The summed E-state index contributed by atoms with van der Waals surface area (Å²) in [4.78, 5) is 5.76. The lowest BCUT2D eigenvalue weighted by Crippen LogP contribution is -2.17. The van der Waals surface area contributed by atoms with E-state index in [1.54, 1.807) is 22.7 Å². The van der Waals surface area contributed by atoms with Gasteiger partial charge in [-0.05, 0) is 28.9 Å². The van der Waals surface area contributed by atoms with Gasteiger partial charge in [0, 0.05) is 27.7 Å². The first-order valence-electron chi connectivity index (χ1n) is 4.59. The zero-order chi connectivity index (χ0) is 10.8. The van der Waals surface area contributed by atoms with Gasteiger partial charge in [0.25, 0.3) is 0 Å². The van der Waals surface area contributed by atoms with Gasteiger partial charge in [-0.2, -0.15) is 0 Å². The summed E-state index contributed by atoms with van der Waals surface area (Å²) in [5.41, 5.74) is 6.80. The highest BCUT2D eigenvalue weighted by molar-refractivity contribution is 9.10. The van der Waals surface area contributed by atoms with Crippen LogP contribution in [0.2, 0.25) is 0 Å². The smallest absolute Gasteiger partial charge is 0.0948 e. The number of thiophene rings is 1. The highest BCUT2D eigenvalue weighted by Gasteiger charge is 2.07. The predicted octanol–water partition coefficient (Wildman–Crippen LogP) is 3.52. The minimum Gasteiger partial charge on any atom is -0.328 e. The minimum atomic E-state index is 0.180. The third kappa shape index (κ3) is 2.87. The van der Waals surface area contributed by atoms with Crippen molar-refractivity contribution < 1.29 is 0 Å². The molecule has 2 heterocycles. The Labute approximate surface area is 105 Å². The molecule has 5 heteroatoms. The molecule has 0 aliphatic heterocycles. The van der Waals surface area contributed by atoms with Crippen molar-refractivity contribution in [2.45, 2.75) is 19.4 Å². The van der Waals surface area contributed by atoms with Crippen molar-refractivity contribution in [3.63, 3.8) is 0 Å². The number of aromatic nitrogens is 1. The lowest BCUT2D eigenvalue weighted by Gasteiger charge is -1.98. The van der Waals surface area contributed by atoms with Gasteiger partial charge in [0.05, 0.1) is 15.6 Å². The summed E-state index contributed by atoms with van der Waals surface area (Å²) in [6, 6.07) is 2.27. The number of hydrogen-bond acceptors (Lipinski definition) is 4. The molecule has 0 bridgehead atoms. The van der Waals surface area contributed by atoms with Crippen LogP contribution in [0.5, 0.6) is 0 Å². The molecule has 0 saturated carbocycles. The zero-order valence-electron chi connectivity index (χ0n) is 8.24. The predicted molar refractivity (Wildman–Crippen MR) is 70.5 cm³/mol. The zero-order valence-corrected chi connectivity index (χ0v) is 11.5. The van der Waals surface area contributed by atoms with E-state index in [2.05, 4.69) is 37.7 Å². The van der Waals surface area contributed by atoms with Crippen molar-refractivity contribution in [3.05, 3.63) is 26.3 Å². The first-order valence-corrected chi connectivity index (χ1v) is 7.15. The molecule has 0 saturated heterocycles. The fourth-order valence-corrected chi connectivity index (χ4v) is 3.64. The molecule has 2 aromatic rings. The topological polar surface area (TPSA) is 38.9 Å². The third-order valence-corrected chi connectivity index (χ3v) is 4.45. The summed E-state index contributed by atoms with van der Waals surface area (Å²) in [6.07, 6.45) is 0.858. The quantitative estimate of drug-likeness (QED) is 0.942. The molecular formula is C10H11BrN2S2. The summed E-state index contributed by atoms with van der Waals surface area (Å²) in [6.45, 7) is 2.00. The fraction of sp³-hybridized carbons (Fsp3) is 0.300. The third-order valence-electron chi connectivity index (χ3n) is 1.87. The Kier molecular flexibility index (Phi) is 3.56. The molecule has 0 amide bonds. The molecule has 0 fully saturated rings. The molecule has 0 radical (unpaired) electrons. The molecule has 0 aromatic carbocycles. The molecule has 0 aliphatic rings. The largest absolute Gasteiger partial charge is 0.328 e. The SMILES string of the molecule is CC(N)Cc1nc(-c2cc(Br)cs2)cs1. The van der Waals surface area contributed by atoms with Crippen LogP contribution in [-0.4, -0.2) is 11.0 Å². The Morgan fingerprint density at radius 2 is 2.27 bits per heavy atom. The standard InChI is InChI=1S/C10H11BrN2S2/c1-6(12)2-10-13-8(5-15-10)9-3-7(11)4-14-9/h3-6H,2,12H2,1H3. The second kappa shape index (κ2) is 4.74. The molecule has 15 heavy (non-hydrogen) atoms. The van der Waals surface area contributed by atoms with Crippen LogP contribution in [-0.2, 0) is 6.42 Å². The Bertz CT molecular complexity index is 448. The van der Waals surface area contributed by atoms with E-state index in [4.69, 9.17) is 5.73 Å². The van der Waals surface area contributed by atoms with Gasteiger partial charge < -0.3 is 5.73 Å². The van der Waals surface area contributed by atoms with Gasteiger partial charge in [0.1, 0.15) is 0 Å². The van der Waals surface area contributed by atoms with Gasteiger partial charge in [-0.1, -0.05) is 0 Å². The lowest BCUT2D eigenvalue weighted by atomic mass is 10.3. The van der Waals surface area contributed by atoms with E-state index < -0.39 is 0 Å². The molecule has 0 aliphatic carbocycles. The Morgan fingerprint density at radius 1 is 1.47 bits per heavy atom. The van der Waals surface area contributed by atoms with Gasteiger partial charge in [0.15, 0.2) is 0 Å². The molecule has 1 atom stereocenters. The van der Waals surface area contributed by atoms with Crippen LogP contribution in [0, 0.1) is 0 Å². The van der Waals surface area contributed by atoms with E-state index in [9.17, 15) is 0 Å². The van der Waals surface area contributed by atoms with Crippen LogP contribution in [0.4, 0.5) is 0 Å². The Morgan fingerprint density at radius 3 is 2.87 bits per heavy atom. The summed E-state index contributed by atoms with van der Waals surface area (Å²) < 4.78 is 1.12. The van der Waals surface area contributed by atoms with Gasteiger partial charge >= 0.3 is 0 Å². The van der Waals surface area contributed by atoms with Crippen molar-refractivity contribution in [2.24, 2.45) is 5.73 Å². The number of rotatable bonds is 3. The first-order chi connectivity index (χ1) is 7.15. The van der Waals surface area contributed by atoms with E-state index in [0.717, 1.165) is 21.6 Å². The molecule has 2 aromatic heterocycles. The van der Waals surface area contributed by atoms with Crippen molar-refractivity contribution in [1.29, 1.82) is 0 Å². The van der Waals surface area contributed by atoms with Crippen LogP contribution in [0.25, 0.3) is 10.6 Å². The molecule has 80 valence electrons. The van der Waals surface area contributed by atoms with Crippen LogP contribution in [0.1, 0.15) is 11.9 Å². The number of nitrogens with two attached hydrogens (primary N) is 1. The second-order valence-corrected chi connectivity index (χ2v) is 6.21. The molecule has 1 unspecified atom stereocenters. The van der Waals surface area contributed by atoms with Gasteiger partial charge in [-0.25, -0.2) is 4.98 Å². The molecule has 2 nitrogen and oxygen atoms in total. The summed E-state index contributed by atoms with van der Waals surface area (Å²) in [5.74, 6) is 0. The average molecular weight is 303 g/mol. The summed E-state index contributed by atoms with van der Waals surface area (Å²) in [5, 5.41) is 5.28. The number of hydrogen-bond donors (Lipinski definition) is 1.